The van der Waals surface area contributed by atoms with Crippen molar-refractivity contribution in [2.75, 3.05) is 27.2 Å². The Kier molecular flexibility index (Phi) is 8.35. The van der Waals surface area contributed by atoms with Crippen LogP contribution in [0.25, 0.3) is 0 Å². The van der Waals surface area contributed by atoms with E-state index in [0.717, 1.165) is 25.4 Å². The molecule has 1 N–H and O–H groups in total. The molecular weight excluding hydrogens is 186 g/mol. The third-order valence-electron chi connectivity index (χ3n) is 2.24. The van der Waals surface area contributed by atoms with Crippen molar-refractivity contribution < 1.29 is 0 Å². The molecular formula is C12H25N3. The summed E-state index contributed by atoms with van der Waals surface area (Å²) in [5.41, 5.74) is 0. The molecule has 0 saturated carbocycles. The Hall–Kier alpha value is -0.590. The van der Waals surface area contributed by atoms with Gasteiger partial charge in [0.15, 0.2) is 0 Å². The second kappa shape index (κ2) is 8.70. The number of rotatable bonds is 8. The summed E-state index contributed by atoms with van der Waals surface area (Å²) in [5.74, 6) is 0.721. The number of likely N-dealkylation sites (N-methyl/N-ethyl adjacent to an activating group) is 1. The van der Waals surface area contributed by atoms with Gasteiger partial charge in [0.2, 0.25) is 0 Å². The van der Waals surface area contributed by atoms with Gasteiger partial charge in [-0.25, -0.2) is 0 Å². The van der Waals surface area contributed by atoms with Crippen LogP contribution in [0, 0.1) is 17.2 Å². The first-order valence-corrected chi connectivity index (χ1v) is 5.81. The highest BCUT2D eigenvalue weighted by Crippen LogP contribution is 2.05. The molecule has 0 saturated heterocycles. The van der Waals surface area contributed by atoms with Gasteiger partial charge in [0.1, 0.15) is 0 Å². The van der Waals surface area contributed by atoms with Crippen LogP contribution in [-0.4, -0.2) is 38.1 Å². The molecule has 0 fully saturated rings. The molecule has 0 aliphatic heterocycles. The third kappa shape index (κ3) is 9.71. The van der Waals surface area contributed by atoms with Gasteiger partial charge in [-0.1, -0.05) is 13.8 Å². The molecule has 1 unspecified atom stereocenters. The van der Waals surface area contributed by atoms with Gasteiger partial charge in [-0.15, -0.1) is 0 Å². The summed E-state index contributed by atoms with van der Waals surface area (Å²) in [7, 11) is 4.20. The van der Waals surface area contributed by atoms with Crippen LogP contribution in [0.4, 0.5) is 0 Å². The van der Waals surface area contributed by atoms with Crippen molar-refractivity contribution in [3.63, 3.8) is 0 Å². The zero-order chi connectivity index (χ0) is 11.7. The van der Waals surface area contributed by atoms with Crippen LogP contribution in [-0.2, 0) is 0 Å². The van der Waals surface area contributed by atoms with E-state index in [0.29, 0.717) is 12.5 Å². The van der Waals surface area contributed by atoms with Gasteiger partial charge < -0.3 is 10.2 Å². The smallest absolute Gasteiger partial charge is 0.0622 e. The molecule has 0 aromatic heterocycles. The third-order valence-corrected chi connectivity index (χ3v) is 2.24. The minimum Gasteiger partial charge on any atom is -0.313 e. The Bertz CT molecular complexity index is 172. The van der Waals surface area contributed by atoms with Crippen molar-refractivity contribution in [1.29, 1.82) is 5.26 Å². The minimum atomic E-state index is 0.554. The summed E-state index contributed by atoms with van der Waals surface area (Å²) in [6.07, 6.45) is 2.81. The first-order chi connectivity index (χ1) is 7.06. The maximum Gasteiger partial charge on any atom is 0.0622 e. The first-order valence-electron chi connectivity index (χ1n) is 5.81. The van der Waals surface area contributed by atoms with Gasteiger partial charge in [-0.05, 0) is 39.4 Å². The van der Waals surface area contributed by atoms with Crippen LogP contribution in [0.1, 0.15) is 33.1 Å². The van der Waals surface area contributed by atoms with Gasteiger partial charge in [0.25, 0.3) is 0 Å². The van der Waals surface area contributed by atoms with Crippen LogP contribution >= 0.6 is 0 Å². The lowest BCUT2D eigenvalue weighted by Gasteiger charge is -2.23. The fourth-order valence-electron chi connectivity index (χ4n) is 1.71. The van der Waals surface area contributed by atoms with Crippen molar-refractivity contribution in [3.8, 4) is 6.07 Å². The molecule has 0 amide bonds. The van der Waals surface area contributed by atoms with Crippen LogP contribution in [0.3, 0.4) is 0 Å². The quantitative estimate of drug-likeness (QED) is 0.623. The molecule has 0 bridgehead atoms. The minimum absolute atomic E-state index is 0.554. The van der Waals surface area contributed by atoms with Crippen molar-refractivity contribution in [3.05, 3.63) is 0 Å². The molecule has 1 atom stereocenters. The van der Waals surface area contributed by atoms with Gasteiger partial charge in [0, 0.05) is 19.0 Å². The van der Waals surface area contributed by atoms with Gasteiger partial charge >= 0.3 is 0 Å². The van der Waals surface area contributed by atoms with E-state index < -0.39 is 0 Å². The van der Waals surface area contributed by atoms with Gasteiger partial charge in [-0.3, -0.25) is 0 Å². The van der Waals surface area contributed by atoms with E-state index in [1.165, 1.54) is 6.42 Å². The van der Waals surface area contributed by atoms with Crippen molar-refractivity contribution in [2.24, 2.45) is 5.92 Å². The van der Waals surface area contributed by atoms with E-state index in [1.807, 2.05) is 0 Å². The topological polar surface area (TPSA) is 39.1 Å². The van der Waals surface area contributed by atoms with Crippen LogP contribution in [0.15, 0.2) is 0 Å². The molecule has 0 rings (SSSR count). The Balaban J connectivity index is 3.75. The highest BCUT2D eigenvalue weighted by molar-refractivity contribution is 4.74. The molecule has 0 heterocycles. The molecule has 0 aliphatic carbocycles. The van der Waals surface area contributed by atoms with E-state index in [4.69, 9.17) is 5.26 Å². The highest BCUT2D eigenvalue weighted by atomic mass is 15.1. The predicted molar refractivity (Wildman–Crippen MR) is 64.6 cm³/mol. The summed E-state index contributed by atoms with van der Waals surface area (Å²) in [5, 5.41) is 12.0. The lowest BCUT2D eigenvalue weighted by molar-refractivity contribution is 0.306. The van der Waals surface area contributed by atoms with Gasteiger partial charge in [-0.2, -0.15) is 5.26 Å². The van der Waals surface area contributed by atoms with E-state index in [2.05, 4.69) is 44.2 Å². The van der Waals surface area contributed by atoms with Crippen molar-refractivity contribution in [2.45, 2.75) is 39.2 Å². The van der Waals surface area contributed by atoms with Crippen LogP contribution in [0.5, 0.6) is 0 Å². The fraction of sp³-hybridized carbons (Fsp3) is 0.917. The molecule has 3 heteroatoms. The predicted octanol–water partition coefficient (Wildman–Crippen LogP) is 1.86. The summed E-state index contributed by atoms with van der Waals surface area (Å²) in [4.78, 5) is 2.21. The summed E-state index contributed by atoms with van der Waals surface area (Å²) in [6, 6.07) is 2.73. The zero-order valence-corrected chi connectivity index (χ0v) is 10.6. The molecule has 15 heavy (non-hydrogen) atoms. The number of nitrogens with zero attached hydrogens (tertiary/aromatic N) is 2. The van der Waals surface area contributed by atoms with Crippen LogP contribution < -0.4 is 5.32 Å². The molecule has 0 spiro atoms. The van der Waals surface area contributed by atoms with E-state index in [1.54, 1.807) is 0 Å². The average Bonchev–Trinajstić information content (AvgIpc) is 2.10. The standard InChI is InChI=1S/C12H25N3/c1-11(2)9-12(10-15(3)4)14-8-6-5-7-13/h11-12,14H,5-6,8-10H2,1-4H3. The Morgan fingerprint density at radius 2 is 2.00 bits per heavy atom. The fourth-order valence-corrected chi connectivity index (χ4v) is 1.71. The molecule has 0 aliphatic rings. The number of hydrogen-bond donors (Lipinski definition) is 1. The average molecular weight is 211 g/mol. The Morgan fingerprint density at radius 1 is 1.33 bits per heavy atom. The maximum absolute atomic E-state index is 8.44. The van der Waals surface area contributed by atoms with E-state index in [-0.39, 0.29) is 0 Å². The highest BCUT2D eigenvalue weighted by Gasteiger charge is 2.10. The number of nitrogens with one attached hydrogen (secondary N) is 1. The summed E-state index contributed by atoms with van der Waals surface area (Å²) >= 11 is 0. The molecule has 0 aromatic carbocycles. The number of unbranched alkanes of at least 4 members (excludes halogenated alkanes) is 1. The number of nitriles is 1. The second-order valence-corrected chi connectivity index (χ2v) is 4.80. The summed E-state index contributed by atoms with van der Waals surface area (Å²) < 4.78 is 0. The number of hydrogen-bond acceptors (Lipinski definition) is 3. The normalized spacial score (nSPS) is 13.1. The zero-order valence-electron chi connectivity index (χ0n) is 10.6. The monoisotopic (exact) mass is 211 g/mol. The largest absolute Gasteiger partial charge is 0.313 e. The second-order valence-electron chi connectivity index (χ2n) is 4.80. The lowest BCUT2D eigenvalue weighted by atomic mass is 10.0. The molecule has 3 nitrogen and oxygen atoms in total. The van der Waals surface area contributed by atoms with Crippen LogP contribution in [0.2, 0.25) is 0 Å². The van der Waals surface area contributed by atoms with Crippen molar-refractivity contribution >= 4 is 0 Å². The Labute approximate surface area is 94.5 Å². The maximum atomic E-state index is 8.44. The molecule has 0 aromatic rings. The summed E-state index contributed by atoms with van der Waals surface area (Å²) in [6.45, 7) is 6.53. The first kappa shape index (κ1) is 14.4. The molecule has 0 radical (unpaired) electrons. The SMILES string of the molecule is CC(C)CC(CN(C)C)NCCCC#N. The van der Waals surface area contributed by atoms with E-state index in [9.17, 15) is 0 Å². The van der Waals surface area contributed by atoms with E-state index >= 15 is 0 Å². The van der Waals surface area contributed by atoms with Crippen molar-refractivity contribution in [1.82, 2.24) is 10.2 Å². The Morgan fingerprint density at radius 3 is 2.47 bits per heavy atom. The van der Waals surface area contributed by atoms with Gasteiger partial charge in [0.05, 0.1) is 6.07 Å². The lowest BCUT2D eigenvalue weighted by Crippen LogP contribution is -2.39. The molecule has 88 valence electrons.